The summed E-state index contributed by atoms with van der Waals surface area (Å²) in [6.07, 6.45) is 7.57. The van der Waals surface area contributed by atoms with E-state index in [-0.39, 0.29) is 0 Å². The molecule has 2 aromatic rings. The summed E-state index contributed by atoms with van der Waals surface area (Å²) in [5.41, 5.74) is 1.64. The van der Waals surface area contributed by atoms with Crippen molar-refractivity contribution in [2.75, 3.05) is 18.5 Å². The largest absolute Gasteiger partial charge is 0.359 e. The summed E-state index contributed by atoms with van der Waals surface area (Å²) in [5, 5.41) is 1.02. The van der Waals surface area contributed by atoms with Gasteiger partial charge in [-0.2, -0.15) is 0 Å². The van der Waals surface area contributed by atoms with Gasteiger partial charge in [0.2, 0.25) is 0 Å². The number of rotatable bonds is 4. The molecule has 0 bridgehead atoms. The first-order valence-corrected chi connectivity index (χ1v) is 7.84. The maximum absolute atomic E-state index is 11.4. The molecule has 1 aliphatic rings. The van der Waals surface area contributed by atoms with E-state index in [2.05, 4.69) is 11.9 Å². The summed E-state index contributed by atoms with van der Waals surface area (Å²) in [5.74, 6) is 1.55. The second kappa shape index (κ2) is 6.25. The molecule has 1 saturated carbocycles. The normalized spacial score (nSPS) is 16.0. The van der Waals surface area contributed by atoms with Crippen molar-refractivity contribution in [1.29, 1.82) is 0 Å². The Morgan fingerprint density at radius 3 is 2.76 bits per heavy atom. The molecule has 1 heterocycles. The van der Waals surface area contributed by atoms with Crippen LogP contribution in [-0.2, 0) is 0 Å². The summed E-state index contributed by atoms with van der Waals surface area (Å²) >= 11 is 0. The van der Waals surface area contributed by atoms with Gasteiger partial charge < -0.3 is 4.90 Å². The van der Waals surface area contributed by atoms with E-state index >= 15 is 0 Å². The maximum atomic E-state index is 11.4. The fraction of sp³-hybridized carbons (Fsp3) is 0.444. The Labute approximate surface area is 126 Å². The molecule has 0 aliphatic heterocycles. The molecule has 0 spiro atoms. The van der Waals surface area contributed by atoms with E-state index in [0.717, 1.165) is 35.5 Å². The average Bonchev–Trinajstić information content (AvgIpc) is 2.54. The molecule has 0 N–H and O–H groups in total. The maximum Gasteiger partial charge on any atom is 0.153 e. The van der Waals surface area contributed by atoms with Crippen LogP contribution in [0.2, 0.25) is 0 Å². The van der Waals surface area contributed by atoms with Gasteiger partial charge in [-0.3, -0.25) is 4.79 Å². The molecule has 3 nitrogen and oxygen atoms in total. The molecule has 1 fully saturated rings. The summed E-state index contributed by atoms with van der Waals surface area (Å²) in [6, 6.07) is 9.91. The lowest BCUT2D eigenvalue weighted by molar-refractivity contribution is 0.112. The van der Waals surface area contributed by atoms with Crippen molar-refractivity contribution in [2.24, 2.45) is 5.92 Å². The molecule has 0 atom stereocenters. The van der Waals surface area contributed by atoms with Crippen LogP contribution in [0.3, 0.4) is 0 Å². The van der Waals surface area contributed by atoms with Crippen LogP contribution in [0.1, 0.15) is 42.5 Å². The summed E-state index contributed by atoms with van der Waals surface area (Å²) in [7, 11) is 2.05. The molecule has 0 amide bonds. The molecule has 0 saturated heterocycles. The van der Waals surface area contributed by atoms with E-state index in [4.69, 9.17) is 4.98 Å². The van der Waals surface area contributed by atoms with Crippen molar-refractivity contribution in [1.82, 2.24) is 4.98 Å². The summed E-state index contributed by atoms with van der Waals surface area (Å²) < 4.78 is 0. The fourth-order valence-corrected chi connectivity index (χ4v) is 3.36. The van der Waals surface area contributed by atoms with Crippen LogP contribution in [0.15, 0.2) is 30.3 Å². The standard InChI is InChI=1S/C18H22N2O/c1-20(12-14-7-3-2-4-8-14)18-16(13-21)11-15-9-5-6-10-17(15)19-18/h5-6,9-11,13-14H,2-4,7-8,12H2,1H3. The number of hydrogen-bond acceptors (Lipinski definition) is 3. The summed E-state index contributed by atoms with van der Waals surface area (Å²) in [6.45, 7) is 0.992. The highest BCUT2D eigenvalue weighted by atomic mass is 16.1. The molecule has 3 heteroatoms. The lowest BCUT2D eigenvalue weighted by atomic mass is 9.89. The first-order chi connectivity index (χ1) is 10.3. The van der Waals surface area contributed by atoms with Crippen molar-refractivity contribution in [3.8, 4) is 0 Å². The van der Waals surface area contributed by atoms with E-state index < -0.39 is 0 Å². The molecule has 0 radical (unpaired) electrons. The van der Waals surface area contributed by atoms with Gasteiger partial charge >= 0.3 is 0 Å². The van der Waals surface area contributed by atoms with E-state index in [9.17, 15) is 4.79 Å². The van der Waals surface area contributed by atoms with Crippen LogP contribution in [0.4, 0.5) is 5.82 Å². The Morgan fingerprint density at radius 2 is 2.00 bits per heavy atom. The number of benzene rings is 1. The third-order valence-corrected chi connectivity index (χ3v) is 4.48. The van der Waals surface area contributed by atoms with Crippen molar-refractivity contribution in [3.05, 3.63) is 35.9 Å². The second-order valence-electron chi connectivity index (χ2n) is 6.10. The van der Waals surface area contributed by atoms with Crippen LogP contribution >= 0.6 is 0 Å². The van der Waals surface area contributed by atoms with Gasteiger partial charge in [0.25, 0.3) is 0 Å². The molecule has 3 rings (SSSR count). The zero-order valence-electron chi connectivity index (χ0n) is 12.6. The quantitative estimate of drug-likeness (QED) is 0.793. The molecule has 1 aliphatic carbocycles. The Hall–Kier alpha value is -1.90. The SMILES string of the molecule is CN(CC1CCCCC1)c1nc2ccccc2cc1C=O. The second-order valence-corrected chi connectivity index (χ2v) is 6.10. The lowest BCUT2D eigenvalue weighted by Crippen LogP contribution is -2.28. The highest BCUT2D eigenvalue weighted by Crippen LogP contribution is 2.27. The third kappa shape index (κ3) is 3.07. The number of carbonyl (C=O) groups is 1. The van der Waals surface area contributed by atoms with Crippen LogP contribution in [0.25, 0.3) is 10.9 Å². The topological polar surface area (TPSA) is 33.2 Å². The van der Waals surface area contributed by atoms with Gasteiger partial charge in [-0.25, -0.2) is 4.98 Å². The van der Waals surface area contributed by atoms with Crippen LogP contribution in [-0.4, -0.2) is 24.9 Å². The van der Waals surface area contributed by atoms with Gasteiger partial charge in [0, 0.05) is 19.0 Å². The first kappa shape index (κ1) is 14.1. The zero-order chi connectivity index (χ0) is 14.7. The van der Waals surface area contributed by atoms with Crippen molar-refractivity contribution in [3.63, 3.8) is 0 Å². The predicted molar refractivity (Wildman–Crippen MR) is 87.0 cm³/mol. The van der Waals surface area contributed by atoms with Gasteiger partial charge in [0.05, 0.1) is 11.1 Å². The minimum atomic E-state index is 0.687. The highest BCUT2D eigenvalue weighted by molar-refractivity contribution is 5.91. The van der Waals surface area contributed by atoms with Crippen molar-refractivity contribution < 1.29 is 4.79 Å². The van der Waals surface area contributed by atoms with Crippen molar-refractivity contribution >= 4 is 23.0 Å². The van der Waals surface area contributed by atoms with Crippen molar-refractivity contribution in [2.45, 2.75) is 32.1 Å². The number of aromatic nitrogens is 1. The number of nitrogens with zero attached hydrogens (tertiary/aromatic N) is 2. The number of anilines is 1. The van der Waals surface area contributed by atoms with E-state index in [1.165, 1.54) is 32.1 Å². The fourth-order valence-electron chi connectivity index (χ4n) is 3.36. The first-order valence-electron chi connectivity index (χ1n) is 7.84. The zero-order valence-corrected chi connectivity index (χ0v) is 12.6. The number of aldehydes is 1. The molecule has 21 heavy (non-hydrogen) atoms. The highest BCUT2D eigenvalue weighted by Gasteiger charge is 2.18. The average molecular weight is 282 g/mol. The van der Waals surface area contributed by atoms with E-state index in [1.54, 1.807) is 0 Å². The number of pyridine rings is 1. The van der Waals surface area contributed by atoms with Gasteiger partial charge in [0.15, 0.2) is 6.29 Å². The molecular formula is C18H22N2O. The van der Waals surface area contributed by atoms with Gasteiger partial charge in [-0.05, 0) is 30.9 Å². The van der Waals surface area contributed by atoms with Gasteiger partial charge in [-0.15, -0.1) is 0 Å². The van der Waals surface area contributed by atoms with E-state index in [0.29, 0.717) is 5.56 Å². The van der Waals surface area contributed by atoms with Crippen LogP contribution < -0.4 is 4.90 Å². The number of fused-ring (bicyclic) bond motifs is 1. The Bertz CT molecular complexity index is 632. The smallest absolute Gasteiger partial charge is 0.153 e. The van der Waals surface area contributed by atoms with Crippen LogP contribution in [0.5, 0.6) is 0 Å². The Balaban J connectivity index is 1.88. The molecular weight excluding hydrogens is 260 g/mol. The summed E-state index contributed by atoms with van der Waals surface area (Å²) in [4.78, 5) is 18.3. The lowest BCUT2D eigenvalue weighted by Gasteiger charge is -2.28. The Kier molecular flexibility index (Phi) is 4.18. The Morgan fingerprint density at radius 1 is 1.24 bits per heavy atom. The van der Waals surface area contributed by atoms with Gasteiger partial charge in [0.1, 0.15) is 5.82 Å². The predicted octanol–water partition coefficient (Wildman–Crippen LogP) is 4.06. The van der Waals surface area contributed by atoms with Gasteiger partial charge in [-0.1, -0.05) is 37.5 Å². The molecule has 110 valence electrons. The minimum Gasteiger partial charge on any atom is -0.359 e. The minimum absolute atomic E-state index is 0.687. The van der Waals surface area contributed by atoms with E-state index in [1.807, 2.05) is 30.3 Å². The number of carbonyl (C=O) groups excluding carboxylic acids is 1. The third-order valence-electron chi connectivity index (χ3n) is 4.48. The molecule has 1 aromatic heterocycles. The van der Waals surface area contributed by atoms with Crippen LogP contribution in [0, 0.1) is 5.92 Å². The number of para-hydroxylation sites is 1. The molecule has 1 aromatic carbocycles. The monoisotopic (exact) mass is 282 g/mol. The molecule has 0 unspecified atom stereocenters. The number of hydrogen-bond donors (Lipinski definition) is 0.